The molecule has 0 amide bonds. The monoisotopic (exact) mass is 374 g/mol. The maximum atomic E-state index is 14.8. The first-order valence-electron chi connectivity index (χ1n) is 11.6. The Morgan fingerprint density at radius 3 is 2.48 bits per heavy atom. The summed E-state index contributed by atoms with van der Waals surface area (Å²) in [5, 5.41) is 0. The lowest BCUT2D eigenvalue weighted by atomic mass is 9.44. The molecular weight excluding hydrogens is 335 g/mol. The predicted molar refractivity (Wildman–Crippen MR) is 109 cm³/mol. The van der Waals surface area contributed by atoms with E-state index in [-0.39, 0.29) is 17.1 Å². The molecule has 4 rings (SSSR count). The molecule has 8 atom stereocenters. The van der Waals surface area contributed by atoms with Crippen molar-refractivity contribution in [3.8, 4) is 0 Å². The third kappa shape index (κ3) is 3.04. The van der Waals surface area contributed by atoms with E-state index in [2.05, 4.69) is 27.4 Å². The van der Waals surface area contributed by atoms with Crippen LogP contribution in [0, 0.1) is 40.4 Å². The molecule has 0 aromatic carbocycles. The van der Waals surface area contributed by atoms with Gasteiger partial charge in [0.2, 0.25) is 0 Å². The topological polar surface area (TPSA) is 17.1 Å². The lowest BCUT2D eigenvalue weighted by molar-refractivity contribution is -0.153. The zero-order chi connectivity index (χ0) is 19.4. The van der Waals surface area contributed by atoms with Crippen LogP contribution in [0.25, 0.3) is 0 Å². The number of ketones is 1. The first kappa shape index (κ1) is 19.6. The summed E-state index contributed by atoms with van der Waals surface area (Å²) >= 11 is 0. The largest absolute Gasteiger partial charge is 0.296 e. The molecule has 4 saturated carbocycles. The maximum absolute atomic E-state index is 14.8. The van der Waals surface area contributed by atoms with E-state index in [4.69, 9.17) is 0 Å². The third-order valence-electron chi connectivity index (χ3n) is 9.87. The molecule has 0 spiro atoms. The van der Waals surface area contributed by atoms with Crippen LogP contribution >= 0.6 is 0 Å². The Bertz CT molecular complexity index is 611. The Hall–Kier alpha value is -0.660. The van der Waals surface area contributed by atoms with Gasteiger partial charge in [0.15, 0.2) is 12.0 Å². The number of fused-ring (bicyclic) bond motifs is 5. The normalized spacial score (nSPS) is 49.3. The van der Waals surface area contributed by atoms with Gasteiger partial charge in [-0.3, -0.25) is 4.79 Å². The van der Waals surface area contributed by atoms with Crippen LogP contribution in [0.2, 0.25) is 0 Å². The molecule has 1 nitrogen and oxygen atoms in total. The predicted octanol–water partition coefficient (Wildman–Crippen LogP) is 6.91. The summed E-state index contributed by atoms with van der Waals surface area (Å²) in [4.78, 5) is 12.0. The van der Waals surface area contributed by atoms with E-state index in [1.54, 1.807) is 0 Å². The van der Waals surface area contributed by atoms with Gasteiger partial charge < -0.3 is 0 Å². The van der Waals surface area contributed by atoms with Crippen LogP contribution in [0.15, 0.2) is 12.2 Å². The highest BCUT2D eigenvalue weighted by Gasteiger charge is 2.61. The van der Waals surface area contributed by atoms with Gasteiger partial charge >= 0.3 is 0 Å². The van der Waals surface area contributed by atoms with Gasteiger partial charge in [0, 0.05) is 12.3 Å². The molecule has 0 heterocycles. The molecule has 0 aliphatic heterocycles. The quantitative estimate of drug-likeness (QED) is 0.489. The number of allylic oxidation sites excluding steroid dienone is 1. The molecule has 0 saturated heterocycles. The van der Waals surface area contributed by atoms with E-state index in [0.29, 0.717) is 17.8 Å². The second kappa shape index (κ2) is 6.99. The lowest BCUT2D eigenvalue weighted by Gasteiger charge is -2.60. The number of hydrogen-bond donors (Lipinski definition) is 0. The van der Waals surface area contributed by atoms with Crippen molar-refractivity contribution in [1.29, 1.82) is 0 Å². The van der Waals surface area contributed by atoms with Crippen molar-refractivity contribution in [1.82, 2.24) is 0 Å². The summed E-state index contributed by atoms with van der Waals surface area (Å²) in [6.45, 7) is 11.2. The van der Waals surface area contributed by atoms with Gasteiger partial charge in [-0.1, -0.05) is 19.4 Å². The first-order chi connectivity index (χ1) is 12.8. The zero-order valence-corrected chi connectivity index (χ0v) is 17.7. The SMILES string of the molecule is C=C(C)CCCC1CCC2C3CCC4C(F)C(=O)CCC4(C)C3CCC12C. The van der Waals surface area contributed by atoms with E-state index in [1.807, 2.05) is 0 Å². The molecule has 0 radical (unpaired) electrons. The van der Waals surface area contributed by atoms with Gasteiger partial charge in [-0.15, -0.1) is 6.58 Å². The molecule has 8 unspecified atom stereocenters. The smallest absolute Gasteiger partial charge is 0.167 e. The maximum Gasteiger partial charge on any atom is 0.167 e. The van der Waals surface area contributed by atoms with Crippen molar-refractivity contribution in [2.45, 2.75) is 97.6 Å². The Labute approximate surface area is 165 Å². The number of carbonyl (C=O) groups is 1. The number of Topliss-reactive ketones (excluding diaryl/α,β-unsaturated/α-hetero) is 1. The van der Waals surface area contributed by atoms with Gasteiger partial charge in [0.1, 0.15) is 0 Å². The van der Waals surface area contributed by atoms with Crippen molar-refractivity contribution in [3.63, 3.8) is 0 Å². The molecule has 0 aromatic heterocycles. The van der Waals surface area contributed by atoms with Crippen LogP contribution in [0.4, 0.5) is 4.39 Å². The molecule has 4 aliphatic rings. The molecule has 152 valence electrons. The molecule has 2 heteroatoms. The molecular formula is C25H39FO. The fraction of sp³-hybridized carbons (Fsp3) is 0.880. The standard InChI is InChI=1S/C25H39FO/c1-16(2)6-5-7-17-8-10-19-18-9-11-21-23(26)22(27)13-15-25(21,4)20(18)12-14-24(17,19)3/h17-21,23H,1,5-15H2,2-4H3. The average Bonchev–Trinajstić information content (AvgIpc) is 2.95. The van der Waals surface area contributed by atoms with Gasteiger partial charge in [0.25, 0.3) is 0 Å². The van der Waals surface area contributed by atoms with Crippen molar-refractivity contribution in [2.75, 3.05) is 0 Å². The van der Waals surface area contributed by atoms with Crippen molar-refractivity contribution in [3.05, 3.63) is 12.2 Å². The van der Waals surface area contributed by atoms with Crippen molar-refractivity contribution < 1.29 is 9.18 Å². The van der Waals surface area contributed by atoms with E-state index in [9.17, 15) is 9.18 Å². The molecule has 4 fully saturated rings. The van der Waals surface area contributed by atoms with E-state index >= 15 is 0 Å². The van der Waals surface area contributed by atoms with Gasteiger partial charge in [-0.05, 0) is 106 Å². The Morgan fingerprint density at radius 1 is 1.04 bits per heavy atom. The average molecular weight is 375 g/mol. The number of alkyl halides is 1. The summed E-state index contributed by atoms with van der Waals surface area (Å²) in [7, 11) is 0. The minimum atomic E-state index is -1.18. The van der Waals surface area contributed by atoms with Gasteiger partial charge in [0.05, 0.1) is 0 Å². The summed E-state index contributed by atoms with van der Waals surface area (Å²) in [6.07, 6.45) is 11.5. The highest BCUT2D eigenvalue weighted by atomic mass is 19.1. The van der Waals surface area contributed by atoms with Crippen LogP contribution in [0.5, 0.6) is 0 Å². The van der Waals surface area contributed by atoms with Crippen LogP contribution in [0.3, 0.4) is 0 Å². The minimum Gasteiger partial charge on any atom is -0.296 e. The van der Waals surface area contributed by atoms with E-state index < -0.39 is 6.17 Å². The first-order valence-corrected chi connectivity index (χ1v) is 11.6. The summed E-state index contributed by atoms with van der Waals surface area (Å²) in [5.41, 5.74) is 1.88. The number of rotatable bonds is 4. The Morgan fingerprint density at radius 2 is 1.74 bits per heavy atom. The van der Waals surface area contributed by atoms with Gasteiger partial charge in [-0.2, -0.15) is 0 Å². The Balaban J connectivity index is 1.51. The third-order valence-corrected chi connectivity index (χ3v) is 9.87. The number of halogens is 1. The van der Waals surface area contributed by atoms with Crippen LogP contribution in [0.1, 0.15) is 91.4 Å². The number of carbonyl (C=O) groups excluding carboxylic acids is 1. The zero-order valence-electron chi connectivity index (χ0n) is 17.7. The highest BCUT2D eigenvalue weighted by Crippen LogP contribution is 2.67. The summed E-state index contributed by atoms with van der Waals surface area (Å²) < 4.78 is 14.8. The fourth-order valence-corrected chi connectivity index (χ4v) is 8.32. The van der Waals surface area contributed by atoms with Crippen LogP contribution < -0.4 is 0 Å². The molecule has 0 aromatic rings. The van der Waals surface area contributed by atoms with Gasteiger partial charge in [-0.25, -0.2) is 4.39 Å². The molecule has 0 bridgehead atoms. The summed E-state index contributed by atoms with van der Waals surface area (Å²) in [5.74, 6) is 3.01. The fourth-order valence-electron chi connectivity index (χ4n) is 8.32. The number of hydrogen-bond acceptors (Lipinski definition) is 1. The van der Waals surface area contributed by atoms with Crippen molar-refractivity contribution in [2.24, 2.45) is 40.4 Å². The molecule has 0 N–H and O–H groups in total. The minimum absolute atomic E-state index is 0.00266. The Kier molecular flexibility index (Phi) is 5.09. The molecule has 27 heavy (non-hydrogen) atoms. The van der Waals surface area contributed by atoms with E-state index in [1.165, 1.54) is 50.5 Å². The second-order valence-electron chi connectivity index (χ2n) is 11.1. The summed E-state index contributed by atoms with van der Waals surface area (Å²) in [6, 6.07) is 0. The highest BCUT2D eigenvalue weighted by molar-refractivity contribution is 5.84. The van der Waals surface area contributed by atoms with Crippen molar-refractivity contribution >= 4 is 5.78 Å². The lowest BCUT2D eigenvalue weighted by Crippen LogP contribution is -2.56. The molecule has 4 aliphatic carbocycles. The van der Waals surface area contributed by atoms with Crippen LogP contribution in [-0.2, 0) is 4.79 Å². The van der Waals surface area contributed by atoms with Crippen LogP contribution in [-0.4, -0.2) is 12.0 Å². The van der Waals surface area contributed by atoms with E-state index in [0.717, 1.165) is 37.0 Å². The second-order valence-corrected chi connectivity index (χ2v) is 11.1.